The Labute approximate surface area is 115 Å². The van der Waals surface area contributed by atoms with E-state index in [-0.39, 0.29) is 5.97 Å². The molecule has 1 aromatic rings. The van der Waals surface area contributed by atoms with E-state index in [2.05, 4.69) is 12.2 Å². The largest absolute Gasteiger partial charge is 0.479 e. The Bertz CT molecular complexity index is 385. The smallest absolute Gasteiger partial charge is 0.347 e. The number of hydrogen-bond donors (Lipinski definition) is 1. The number of carbonyl (C=O) groups excluding carboxylic acids is 1. The zero-order chi connectivity index (χ0) is 14.3. The summed E-state index contributed by atoms with van der Waals surface area (Å²) >= 11 is 0. The molecule has 0 radical (unpaired) electrons. The zero-order valence-electron chi connectivity index (χ0n) is 12.1. The van der Waals surface area contributed by atoms with Gasteiger partial charge in [0, 0.05) is 6.04 Å². The Hall–Kier alpha value is -1.55. The fourth-order valence-electron chi connectivity index (χ4n) is 1.90. The van der Waals surface area contributed by atoms with Gasteiger partial charge in [-0.15, -0.1) is 0 Å². The van der Waals surface area contributed by atoms with Crippen molar-refractivity contribution in [3.05, 3.63) is 29.8 Å². The lowest BCUT2D eigenvalue weighted by molar-refractivity contribution is -0.150. The van der Waals surface area contributed by atoms with Crippen molar-refractivity contribution in [3.8, 4) is 5.75 Å². The van der Waals surface area contributed by atoms with Crippen molar-refractivity contribution in [2.24, 2.45) is 0 Å². The van der Waals surface area contributed by atoms with Gasteiger partial charge in [0.15, 0.2) is 6.10 Å². The van der Waals surface area contributed by atoms with Crippen LogP contribution >= 0.6 is 0 Å². The Kier molecular flexibility index (Phi) is 6.36. The summed E-state index contributed by atoms with van der Waals surface area (Å²) in [6, 6.07) is 8.13. The lowest BCUT2D eigenvalue weighted by Crippen LogP contribution is -2.26. The van der Waals surface area contributed by atoms with Crippen LogP contribution in [0.1, 0.15) is 38.8 Å². The molecule has 1 N–H and O–H groups in total. The third kappa shape index (κ3) is 4.56. The maximum Gasteiger partial charge on any atom is 0.347 e. The Morgan fingerprint density at radius 1 is 1.26 bits per heavy atom. The van der Waals surface area contributed by atoms with Crippen LogP contribution in [-0.2, 0) is 9.53 Å². The van der Waals surface area contributed by atoms with Gasteiger partial charge in [-0.1, -0.05) is 19.1 Å². The highest BCUT2D eigenvalue weighted by atomic mass is 16.6. The van der Waals surface area contributed by atoms with Gasteiger partial charge in [-0.05, 0) is 45.0 Å². The second-order valence-electron chi connectivity index (χ2n) is 4.33. The fraction of sp³-hybridized carbons (Fsp3) is 0.533. The van der Waals surface area contributed by atoms with Crippen LogP contribution in [0.3, 0.4) is 0 Å². The summed E-state index contributed by atoms with van der Waals surface area (Å²) in [4.78, 5) is 11.5. The van der Waals surface area contributed by atoms with Crippen molar-refractivity contribution in [2.75, 3.05) is 13.7 Å². The van der Waals surface area contributed by atoms with Crippen molar-refractivity contribution < 1.29 is 14.3 Å². The minimum absolute atomic E-state index is 0.340. The molecule has 0 heterocycles. The highest BCUT2D eigenvalue weighted by Gasteiger charge is 2.15. The molecule has 106 valence electrons. The second kappa shape index (κ2) is 7.79. The molecule has 0 aliphatic heterocycles. The van der Waals surface area contributed by atoms with Crippen LogP contribution in [0.5, 0.6) is 5.75 Å². The summed E-state index contributed by atoms with van der Waals surface area (Å²) < 4.78 is 10.4. The molecule has 0 spiro atoms. The molecule has 0 aliphatic carbocycles. The number of ether oxygens (including phenoxy) is 2. The van der Waals surface area contributed by atoms with Gasteiger partial charge in [0.25, 0.3) is 0 Å². The van der Waals surface area contributed by atoms with Gasteiger partial charge in [-0.25, -0.2) is 4.79 Å². The molecule has 0 saturated heterocycles. The van der Waals surface area contributed by atoms with Gasteiger partial charge >= 0.3 is 5.97 Å². The van der Waals surface area contributed by atoms with Crippen LogP contribution in [-0.4, -0.2) is 25.7 Å². The molecular formula is C15H23NO3. The van der Waals surface area contributed by atoms with E-state index in [1.54, 1.807) is 13.8 Å². The predicted molar refractivity (Wildman–Crippen MR) is 75.3 cm³/mol. The van der Waals surface area contributed by atoms with E-state index in [1.165, 1.54) is 5.56 Å². The molecular weight excluding hydrogens is 242 g/mol. The van der Waals surface area contributed by atoms with Crippen molar-refractivity contribution in [1.82, 2.24) is 5.32 Å². The second-order valence-corrected chi connectivity index (χ2v) is 4.33. The summed E-state index contributed by atoms with van der Waals surface area (Å²) in [6.07, 6.45) is 0.438. The molecule has 0 saturated carbocycles. The van der Waals surface area contributed by atoms with E-state index in [0.717, 1.165) is 6.42 Å². The quantitative estimate of drug-likeness (QED) is 0.770. The van der Waals surface area contributed by atoms with E-state index < -0.39 is 6.10 Å². The minimum atomic E-state index is -0.586. The number of rotatable bonds is 7. The van der Waals surface area contributed by atoms with Gasteiger partial charge in [-0.3, -0.25) is 0 Å². The monoisotopic (exact) mass is 265 g/mol. The van der Waals surface area contributed by atoms with Crippen molar-refractivity contribution in [1.29, 1.82) is 0 Å². The molecule has 0 amide bonds. The third-order valence-electron chi connectivity index (χ3n) is 2.97. The molecule has 0 aliphatic rings. The summed E-state index contributed by atoms with van der Waals surface area (Å²) in [6.45, 7) is 5.97. The first kappa shape index (κ1) is 15.5. The van der Waals surface area contributed by atoms with Gasteiger partial charge in [0.2, 0.25) is 0 Å². The molecule has 0 bridgehead atoms. The molecule has 2 unspecified atom stereocenters. The van der Waals surface area contributed by atoms with Crippen molar-refractivity contribution >= 4 is 5.97 Å². The van der Waals surface area contributed by atoms with Crippen LogP contribution in [0, 0.1) is 0 Å². The van der Waals surface area contributed by atoms with E-state index in [1.807, 2.05) is 31.3 Å². The SMILES string of the molecule is CCOC(=O)C(C)Oc1ccc(C(CC)NC)cc1. The molecule has 4 heteroatoms. The average molecular weight is 265 g/mol. The molecule has 2 atom stereocenters. The van der Waals surface area contributed by atoms with Crippen molar-refractivity contribution in [3.63, 3.8) is 0 Å². The fourth-order valence-corrected chi connectivity index (χ4v) is 1.90. The Morgan fingerprint density at radius 2 is 1.89 bits per heavy atom. The predicted octanol–water partition coefficient (Wildman–Crippen LogP) is 2.69. The number of carbonyl (C=O) groups is 1. The lowest BCUT2D eigenvalue weighted by Gasteiger charge is -2.16. The first-order chi connectivity index (χ1) is 9.12. The first-order valence-corrected chi connectivity index (χ1v) is 6.72. The maximum atomic E-state index is 11.5. The summed E-state index contributed by atoms with van der Waals surface area (Å²) in [5, 5.41) is 3.25. The Balaban J connectivity index is 2.64. The molecule has 1 aromatic carbocycles. The number of nitrogens with one attached hydrogen (secondary N) is 1. The normalized spacial score (nSPS) is 13.7. The van der Waals surface area contributed by atoms with Crippen LogP contribution in [0.25, 0.3) is 0 Å². The molecule has 0 aromatic heterocycles. The average Bonchev–Trinajstić information content (AvgIpc) is 2.42. The summed E-state index contributed by atoms with van der Waals surface area (Å²) in [5.41, 5.74) is 1.21. The maximum absolute atomic E-state index is 11.5. The van der Waals surface area contributed by atoms with E-state index in [9.17, 15) is 4.79 Å². The summed E-state index contributed by atoms with van der Waals surface area (Å²) in [7, 11) is 1.95. The molecule has 4 nitrogen and oxygen atoms in total. The topological polar surface area (TPSA) is 47.6 Å². The molecule has 1 rings (SSSR count). The van der Waals surface area contributed by atoms with Crippen LogP contribution in [0.15, 0.2) is 24.3 Å². The van der Waals surface area contributed by atoms with E-state index in [0.29, 0.717) is 18.4 Å². The first-order valence-electron chi connectivity index (χ1n) is 6.72. The molecule has 19 heavy (non-hydrogen) atoms. The highest BCUT2D eigenvalue weighted by Crippen LogP contribution is 2.20. The standard InChI is InChI=1S/C15H23NO3/c1-5-14(16-4)12-7-9-13(10-8-12)19-11(3)15(17)18-6-2/h7-11,14,16H,5-6H2,1-4H3. The van der Waals surface area contributed by atoms with E-state index >= 15 is 0 Å². The van der Waals surface area contributed by atoms with Crippen LogP contribution < -0.4 is 10.1 Å². The van der Waals surface area contributed by atoms with Crippen LogP contribution in [0.2, 0.25) is 0 Å². The van der Waals surface area contributed by atoms with Gasteiger partial charge in [0.05, 0.1) is 6.61 Å². The van der Waals surface area contributed by atoms with Gasteiger partial charge < -0.3 is 14.8 Å². The van der Waals surface area contributed by atoms with E-state index in [4.69, 9.17) is 9.47 Å². The third-order valence-corrected chi connectivity index (χ3v) is 2.97. The van der Waals surface area contributed by atoms with Crippen LogP contribution in [0.4, 0.5) is 0 Å². The lowest BCUT2D eigenvalue weighted by atomic mass is 10.0. The number of hydrogen-bond acceptors (Lipinski definition) is 4. The van der Waals surface area contributed by atoms with Crippen molar-refractivity contribution in [2.45, 2.75) is 39.3 Å². The summed E-state index contributed by atoms with van der Waals surface area (Å²) in [5.74, 6) is 0.337. The number of esters is 1. The zero-order valence-corrected chi connectivity index (χ0v) is 12.1. The minimum Gasteiger partial charge on any atom is -0.479 e. The molecule has 0 fully saturated rings. The highest BCUT2D eigenvalue weighted by molar-refractivity contribution is 5.74. The number of benzene rings is 1. The Morgan fingerprint density at radius 3 is 2.37 bits per heavy atom. The van der Waals surface area contributed by atoms with Gasteiger partial charge in [0.1, 0.15) is 5.75 Å². The van der Waals surface area contributed by atoms with Gasteiger partial charge in [-0.2, -0.15) is 0 Å².